The number of carbonyl (C=O) groups is 1. The Kier molecular flexibility index (Phi) is 4.71. The van der Waals surface area contributed by atoms with Crippen LogP contribution in [-0.2, 0) is 14.6 Å². The third kappa shape index (κ3) is 4.16. The fraction of sp³-hybridized carbons (Fsp3) is 0.529. The minimum absolute atomic E-state index is 0.000847. The van der Waals surface area contributed by atoms with Crippen LogP contribution in [0.25, 0.3) is 11.4 Å². The van der Waals surface area contributed by atoms with Crippen LogP contribution in [0.5, 0.6) is 0 Å². The molecule has 0 aromatic carbocycles. The average Bonchev–Trinajstić information content (AvgIpc) is 3.31. The Morgan fingerprint density at radius 2 is 2.07 bits per heavy atom. The molecule has 1 N–H and O–H groups in total. The Morgan fingerprint density at radius 1 is 1.33 bits per heavy atom. The van der Waals surface area contributed by atoms with Crippen LogP contribution in [0.4, 0.5) is 0 Å². The van der Waals surface area contributed by atoms with Crippen LogP contribution in [0.15, 0.2) is 29.7 Å². The van der Waals surface area contributed by atoms with Crippen LogP contribution in [-0.4, -0.2) is 56.9 Å². The van der Waals surface area contributed by atoms with Gasteiger partial charge >= 0.3 is 0 Å². The van der Waals surface area contributed by atoms with Gasteiger partial charge in [0.15, 0.2) is 20.8 Å². The van der Waals surface area contributed by atoms with Gasteiger partial charge in [0.05, 0.1) is 22.8 Å². The summed E-state index contributed by atoms with van der Waals surface area (Å²) in [5.74, 6) is 0.909. The number of thioether (sulfide) groups is 1. The van der Waals surface area contributed by atoms with E-state index in [-0.39, 0.29) is 23.2 Å². The Bertz CT molecular complexity index is 956. The zero-order valence-electron chi connectivity index (χ0n) is 15.0. The summed E-state index contributed by atoms with van der Waals surface area (Å²) < 4.78 is 25.5. The molecule has 8 nitrogen and oxygen atoms in total. The molecule has 2 aliphatic rings. The molecular formula is C17H21N5O3S2. The molecule has 1 aliphatic heterocycles. The summed E-state index contributed by atoms with van der Waals surface area (Å²) in [6.07, 6.45) is 6.05. The molecule has 1 amide bonds. The minimum atomic E-state index is -3.06. The predicted octanol–water partition coefficient (Wildman–Crippen LogP) is 1.46. The highest BCUT2D eigenvalue weighted by Crippen LogP contribution is 2.41. The second kappa shape index (κ2) is 6.90. The number of pyridine rings is 1. The fourth-order valence-electron chi connectivity index (χ4n) is 3.35. The molecule has 2 aromatic rings. The molecule has 0 spiro atoms. The number of nitrogens with zero attached hydrogens (tertiary/aromatic N) is 4. The van der Waals surface area contributed by atoms with Gasteiger partial charge in [-0.25, -0.2) is 8.42 Å². The minimum Gasteiger partial charge on any atom is -0.349 e. The zero-order chi connectivity index (χ0) is 19.1. The summed E-state index contributed by atoms with van der Waals surface area (Å²) >= 11 is 1.33. The van der Waals surface area contributed by atoms with E-state index in [0.717, 1.165) is 24.2 Å². The number of carbonyl (C=O) groups excluding carboxylic acids is 1. The quantitative estimate of drug-likeness (QED) is 0.723. The third-order valence-corrected chi connectivity index (χ3v) is 7.64. The highest BCUT2D eigenvalue weighted by atomic mass is 32.2. The topological polar surface area (TPSA) is 107 Å². The SMILES string of the molecule is C[C@@]1(NC(=O)CSc2nnc(-c3ccncc3)n2C2CC2)CCS(=O)(=O)C1. The lowest BCUT2D eigenvalue weighted by Crippen LogP contribution is -2.47. The predicted molar refractivity (Wildman–Crippen MR) is 102 cm³/mol. The number of aromatic nitrogens is 4. The average molecular weight is 408 g/mol. The normalized spacial score (nSPS) is 24.0. The maximum atomic E-state index is 12.4. The van der Waals surface area contributed by atoms with Crippen molar-refractivity contribution in [3.63, 3.8) is 0 Å². The van der Waals surface area contributed by atoms with Gasteiger partial charge in [-0.3, -0.25) is 14.3 Å². The van der Waals surface area contributed by atoms with Gasteiger partial charge < -0.3 is 5.32 Å². The zero-order valence-corrected chi connectivity index (χ0v) is 16.6. The molecule has 1 saturated carbocycles. The van der Waals surface area contributed by atoms with E-state index in [4.69, 9.17) is 0 Å². The number of nitrogens with one attached hydrogen (secondary N) is 1. The maximum absolute atomic E-state index is 12.4. The lowest BCUT2D eigenvalue weighted by atomic mass is 10.0. The summed E-state index contributed by atoms with van der Waals surface area (Å²) in [7, 11) is -3.06. The molecule has 1 atom stereocenters. The van der Waals surface area contributed by atoms with Gasteiger partial charge in [-0.05, 0) is 38.3 Å². The van der Waals surface area contributed by atoms with E-state index in [9.17, 15) is 13.2 Å². The molecule has 10 heteroatoms. The Morgan fingerprint density at radius 3 is 2.70 bits per heavy atom. The van der Waals surface area contributed by atoms with Crippen molar-refractivity contribution >= 4 is 27.5 Å². The summed E-state index contributed by atoms with van der Waals surface area (Å²) in [4.78, 5) is 16.4. The second-order valence-corrected chi connectivity index (χ2v) is 10.5. The van der Waals surface area contributed by atoms with E-state index in [0.29, 0.717) is 17.6 Å². The van der Waals surface area contributed by atoms with Crippen molar-refractivity contribution in [1.82, 2.24) is 25.1 Å². The largest absolute Gasteiger partial charge is 0.349 e. The van der Waals surface area contributed by atoms with Crippen molar-refractivity contribution in [3.8, 4) is 11.4 Å². The Labute approximate surface area is 162 Å². The van der Waals surface area contributed by atoms with Crippen molar-refractivity contribution in [2.45, 2.75) is 42.9 Å². The Hall–Kier alpha value is -1.94. The van der Waals surface area contributed by atoms with Crippen LogP contribution in [0.1, 0.15) is 32.2 Å². The number of sulfone groups is 1. The highest BCUT2D eigenvalue weighted by Gasteiger charge is 2.39. The molecule has 27 heavy (non-hydrogen) atoms. The molecule has 0 bridgehead atoms. The standard InChI is InChI=1S/C17H21N5O3S2/c1-17(6-9-27(24,25)11-17)19-14(23)10-26-16-21-20-15(22(16)13-2-3-13)12-4-7-18-8-5-12/h4-5,7-8,13H,2-3,6,9-11H2,1H3,(H,19,23)/t17-/m1/s1. The summed E-state index contributed by atoms with van der Waals surface area (Å²) in [5.41, 5.74) is 0.271. The molecule has 3 heterocycles. The molecule has 2 aromatic heterocycles. The van der Waals surface area contributed by atoms with Crippen molar-refractivity contribution in [3.05, 3.63) is 24.5 Å². The molecular weight excluding hydrogens is 386 g/mol. The van der Waals surface area contributed by atoms with Crippen LogP contribution >= 0.6 is 11.8 Å². The fourth-order valence-corrected chi connectivity index (χ4v) is 6.25. The summed E-state index contributed by atoms with van der Waals surface area (Å²) in [6.45, 7) is 1.79. The number of hydrogen-bond donors (Lipinski definition) is 1. The summed E-state index contributed by atoms with van der Waals surface area (Å²) in [6, 6.07) is 4.16. The molecule has 1 saturated heterocycles. The van der Waals surface area contributed by atoms with E-state index in [1.54, 1.807) is 19.3 Å². The van der Waals surface area contributed by atoms with Crippen LogP contribution < -0.4 is 5.32 Å². The van der Waals surface area contributed by atoms with Gasteiger partial charge in [0.1, 0.15) is 0 Å². The van der Waals surface area contributed by atoms with Crippen molar-refractivity contribution in [1.29, 1.82) is 0 Å². The lowest BCUT2D eigenvalue weighted by molar-refractivity contribution is -0.120. The van der Waals surface area contributed by atoms with E-state index in [2.05, 4.69) is 25.1 Å². The van der Waals surface area contributed by atoms with Crippen LogP contribution in [0, 0.1) is 0 Å². The highest BCUT2D eigenvalue weighted by molar-refractivity contribution is 7.99. The van der Waals surface area contributed by atoms with E-state index in [1.165, 1.54) is 11.8 Å². The third-order valence-electron chi connectivity index (χ3n) is 4.79. The van der Waals surface area contributed by atoms with Crippen LogP contribution in [0.2, 0.25) is 0 Å². The second-order valence-electron chi connectivity index (χ2n) is 7.38. The Balaban J connectivity index is 1.44. The van der Waals surface area contributed by atoms with Crippen molar-refractivity contribution in [2.24, 2.45) is 0 Å². The van der Waals surface area contributed by atoms with Gasteiger partial charge in [-0.15, -0.1) is 10.2 Å². The first-order valence-corrected chi connectivity index (χ1v) is 11.7. The number of amides is 1. The smallest absolute Gasteiger partial charge is 0.230 e. The monoisotopic (exact) mass is 407 g/mol. The first-order valence-electron chi connectivity index (χ1n) is 8.85. The molecule has 1 aliphatic carbocycles. The molecule has 2 fully saturated rings. The number of hydrogen-bond acceptors (Lipinski definition) is 7. The van der Waals surface area contributed by atoms with E-state index >= 15 is 0 Å². The van der Waals surface area contributed by atoms with Crippen molar-refractivity contribution < 1.29 is 13.2 Å². The van der Waals surface area contributed by atoms with Crippen molar-refractivity contribution in [2.75, 3.05) is 17.3 Å². The molecule has 0 radical (unpaired) electrons. The van der Waals surface area contributed by atoms with Gasteiger partial charge in [0, 0.05) is 24.0 Å². The van der Waals surface area contributed by atoms with Gasteiger partial charge in [-0.1, -0.05) is 11.8 Å². The van der Waals surface area contributed by atoms with Gasteiger partial charge in [0.25, 0.3) is 0 Å². The first kappa shape index (κ1) is 18.4. The lowest BCUT2D eigenvalue weighted by Gasteiger charge is -2.23. The maximum Gasteiger partial charge on any atom is 0.230 e. The molecule has 0 unspecified atom stereocenters. The summed E-state index contributed by atoms with van der Waals surface area (Å²) in [5, 5.41) is 12.2. The molecule has 4 rings (SSSR count). The van der Waals surface area contributed by atoms with E-state index in [1.807, 2.05) is 12.1 Å². The van der Waals surface area contributed by atoms with Crippen LogP contribution in [0.3, 0.4) is 0 Å². The number of rotatable bonds is 6. The van der Waals surface area contributed by atoms with E-state index < -0.39 is 15.4 Å². The van der Waals surface area contributed by atoms with Gasteiger partial charge in [0.2, 0.25) is 5.91 Å². The van der Waals surface area contributed by atoms with Gasteiger partial charge in [-0.2, -0.15) is 0 Å². The first-order chi connectivity index (χ1) is 12.9. The molecule has 144 valence electrons.